The van der Waals surface area contributed by atoms with Crippen molar-refractivity contribution in [3.8, 4) is 56.3 Å². The molecule has 0 saturated heterocycles. The molecule has 4 aromatic carbocycles. The summed E-state index contributed by atoms with van der Waals surface area (Å²) in [7, 11) is 3.09. The average Bonchev–Trinajstić information content (AvgIpc) is 3.58. The van der Waals surface area contributed by atoms with Crippen LogP contribution in [0.25, 0.3) is 44.8 Å². The van der Waals surface area contributed by atoms with Crippen molar-refractivity contribution < 1.29 is 38.2 Å². The Hall–Kier alpha value is -6.64. The summed E-state index contributed by atoms with van der Waals surface area (Å²) in [5, 5.41) is 51.2. The van der Waals surface area contributed by atoms with E-state index in [1.54, 1.807) is 31.3 Å². The molecule has 0 unspecified atom stereocenters. The largest absolute Gasteiger partial charge is 0.508 e. The molecule has 6 aromatic rings. The smallest absolute Gasteiger partial charge is 0.189 e. The first kappa shape index (κ1) is 33.7. The number of halogens is 4. The molecule has 0 aliphatic carbocycles. The van der Waals surface area contributed by atoms with E-state index < -0.39 is 23.3 Å². The lowest BCUT2D eigenvalue weighted by atomic mass is 9.97. The van der Waals surface area contributed by atoms with Crippen LogP contribution in [0.15, 0.2) is 95.2 Å². The van der Waals surface area contributed by atoms with Gasteiger partial charge in [0.15, 0.2) is 5.84 Å². The van der Waals surface area contributed by atoms with Gasteiger partial charge in [-0.1, -0.05) is 22.4 Å². The SMILES string of the molecule is Cn1nc(-c2ccc(O)cc2)c(-c2c(F)cccc2F)c1C(N)=NO.Cn1nc(-c2ccc(O)cc2)c(-c2c(F)cccc2F)c1C=NO. The fourth-order valence-electron chi connectivity index (χ4n) is 5.20. The second kappa shape index (κ2) is 14.0. The second-order valence-corrected chi connectivity index (χ2v) is 10.4. The van der Waals surface area contributed by atoms with Gasteiger partial charge in [-0.15, -0.1) is 0 Å². The number of benzene rings is 4. The third kappa shape index (κ3) is 6.62. The van der Waals surface area contributed by atoms with Gasteiger partial charge in [0.05, 0.1) is 23.0 Å². The number of phenolic OH excluding ortho intramolecular Hbond substituents is 2. The third-order valence-corrected chi connectivity index (χ3v) is 7.38. The molecule has 250 valence electrons. The van der Waals surface area contributed by atoms with Crippen LogP contribution in [0.5, 0.6) is 11.5 Å². The molecule has 0 bridgehead atoms. The number of rotatable bonds is 6. The summed E-state index contributed by atoms with van der Waals surface area (Å²) >= 11 is 0. The number of nitrogens with two attached hydrogens (primary N) is 1. The van der Waals surface area contributed by atoms with Crippen molar-refractivity contribution in [3.05, 3.63) is 120 Å². The molecule has 6 N–H and O–H groups in total. The van der Waals surface area contributed by atoms with Crippen LogP contribution < -0.4 is 5.73 Å². The summed E-state index contributed by atoms with van der Waals surface area (Å²) < 4.78 is 60.0. The Balaban J connectivity index is 0.000000191. The van der Waals surface area contributed by atoms with Crippen LogP contribution in [-0.2, 0) is 14.1 Å². The van der Waals surface area contributed by atoms with E-state index in [1.165, 1.54) is 52.8 Å². The summed E-state index contributed by atoms with van der Waals surface area (Å²) in [4.78, 5) is 0. The Bertz CT molecular complexity index is 2160. The highest BCUT2D eigenvalue weighted by molar-refractivity contribution is 6.05. The zero-order valence-electron chi connectivity index (χ0n) is 25.7. The van der Waals surface area contributed by atoms with Crippen LogP contribution in [0.2, 0.25) is 0 Å². The molecular weight excluding hydrogens is 646 g/mol. The third-order valence-electron chi connectivity index (χ3n) is 7.38. The van der Waals surface area contributed by atoms with Crippen LogP contribution in [0.1, 0.15) is 11.4 Å². The number of amidine groups is 1. The van der Waals surface area contributed by atoms with Gasteiger partial charge in [-0.25, -0.2) is 17.6 Å². The van der Waals surface area contributed by atoms with E-state index in [1.807, 2.05) is 0 Å². The molecule has 0 fully saturated rings. The summed E-state index contributed by atoms with van der Waals surface area (Å²) in [6, 6.07) is 19.0. The fourth-order valence-corrected chi connectivity index (χ4v) is 5.20. The molecule has 2 heterocycles. The van der Waals surface area contributed by atoms with Crippen molar-refractivity contribution in [1.29, 1.82) is 0 Å². The lowest BCUT2D eigenvalue weighted by Gasteiger charge is -2.09. The summed E-state index contributed by atoms with van der Waals surface area (Å²) in [5.41, 5.74) is 7.22. The minimum atomic E-state index is -0.806. The average molecular weight is 674 g/mol. The molecule has 0 atom stereocenters. The number of hydrogen-bond donors (Lipinski definition) is 5. The van der Waals surface area contributed by atoms with Gasteiger partial charge < -0.3 is 26.4 Å². The number of nitrogens with zero attached hydrogens (tertiary/aromatic N) is 6. The first-order valence-electron chi connectivity index (χ1n) is 14.2. The standard InChI is InChI=1S/C17H14F2N4O2.C17H13F2N3O2/c1-23-16(17(20)22-25)14(13-11(18)3-2-4-12(13)19)15(21-23)9-5-7-10(24)8-6-9;1-22-14(9-20-24)16(15-12(18)3-2-4-13(15)19)17(21-22)10-5-7-11(23)8-6-10/h2-8,24-25H,1H3,(H2,20,22);2-9,23-24H,1H3. The zero-order valence-corrected chi connectivity index (χ0v) is 25.7. The molecule has 15 heteroatoms. The van der Waals surface area contributed by atoms with E-state index in [0.717, 1.165) is 30.5 Å². The Morgan fingerprint density at radius 1 is 0.633 bits per heavy atom. The molecule has 0 spiro atoms. The quantitative estimate of drug-likeness (QED) is 0.0450. The van der Waals surface area contributed by atoms with Crippen LogP contribution in [0.4, 0.5) is 17.6 Å². The van der Waals surface area contributed by atoms with Crippen LogP contribution in [0.3, 0.4) is 0 Å². The highest BCUT2D eigenvalue weighted by atomic mass is 19.1. The van der Waals surface area contributed by atoms with Crippen molar-refractivity contribution in [1.82, 2.24) is 19.6 Å². The van der Waals surface area contributed by atoms with Gasteiger partial charge >= 0.3 is 0 Å². The Morgan fingerprint density at radius 2 is 1.04 bits per heavy atom. The van der Waals surface area contributed by atoms with Crippen molar-refractivity contribution in [2.75, 3.05) is 0 Å². The maximum absolute atomic E-state index is 14.4. The monoisotopic (exact) mass is 673 g/mol. The lowest BCUT2D eigenvalue weighted by Crippen LogP contribution is -2.18. The van der Waals surface area contributed by atoms with Crippen LogP contribution >= 0.6 is 0 Å². The Labute approximate surface area is 275 Å². The van der Waals surface area contributed by atoms with Gasteiger partial charge in [0, 0.05) is 36.3 Å². The number of aromatic hydroxyl groups is 2. The molecule has 2 aromatic heterocycles. The van der Waals surface area contributed by atoms with Crippen molar-refractivity contribution >= 4 is 12.1 Å². The second-order valence-electron chi connectivity index (χ2n) is 10.4. The minimum absolute atomic E-state index is 0.0370. The predicted octanol–water partition coefficient (Wildman–Crippen LogP) is 6.38. The first-order valence-corrected chi connectivity index (χ1v) is 14.2. The van der Waals surface area contributed by atoms with Crippen molar-refractivity contribution in [2.45, 2.75) is 0 Å². The Morgan fingerprint density at radius 3 is 1.47 bits per heavy atom. The molecule has 49 heavy (non-hydrogen) atoms. The summed E-state index contributed by atoms with van der Waals surface area (Å²) in [6.07, 6.45) is 1.07. The highest BCUT2D eigenvalue weighted by Gasteiger charge is 2.27. The van der Waals surface area contributed by atoms with Crippen molar-refractivity contribution in [2.24, 2.45) is 30.1 Å². The lowest BCUT2D eigenvalue weighted by molar-refractivity contribution is 0.318. The molecule has 0 saturated carbocycles. The number of phenols is 2. The highest BCUT2D eigenvalue weighted by Crippen LogP contribution is 2.39. The van der Waals surface area contributed by atoms with Gasteiger partial charge in [-0.2, -0.15) is 10.2 Å². The van der Waals surface area contributed by atoms with E-state index in [-0.39, 0.29) is 56.7 Å². The molecule has 0 amide bonds. The molecule has 0 radical (unpaired) electrons. The van der Waals surface area contributed by atoms with E-state index >= 15 is 0 Å². The number of aryl methyl sites for hydroxylation is 2. The minimum Gasteiger partial charge on any atom is -0.508 e. The van der Waals surface area contributed by atoms with Gasteiger partial charge in [0.25, 0.3) is 0 Å². The van der Waals surface area contributed by atoms with E-state index in [9.17, 15) is 27.8 Å². The maximum Gasteiger partial charge on any atom is 0.189 e. The normalized spacial score (nSPS) is 11.5. The van der Waals surface area contributed by atoms with E-state index in [2.05, 4.69) is 20.5 Å². The van der Waals surface area contributed by atoms with Crippen LogP contribution in [-0.4, -0.2) is 52.2 Å². The molecule has 0 aliphatic rings. The summed E-state index contributed by atoms with van der Waals surface area (Å²) in [6.45, 7) is 0. The molecule has 11 nitrogen and oxygen atoms in total. The number of aromatic nitrogens is 4. The molecular formula is C34H27F4N7O4. The first-order chi connectivity index (χ1) is 23.5. The summed E-state index contributed by atoms with van der Waals surface area (Å²) in [5.74, 6) is -3.36. The predicted molar refractivity (Wildman–Crippen MR) is 173 cm³/mol. The molecule has 0 aliphatic heterocycles. The molecule has 6 rings (SSSR count). The van der Waals surface area contributed by atoms with Crippen molar-refractivity contribution in [3.63, 3.8) is 0 Å². The topological polar surface area (TPSA) is 167 Å². The number of oxime groups is 2. The van der Waals surface area contributed by atoms with Gasteiger partial charge in [-0.3, -0.25) is 9.36 Å². The van der Waals surface area contributed by atoms with E-state index in [0.29, 0.717) is 16.8 Å². The fraction of sp³-hybridized carbons (Fsp3) is 0.0588. The maximum atomic E-state index is 14.4. The van der Waals surface area contributed by atoms with Gasteiger partial charge in [0.1, 0.15) is 51.8 Å². The van der Waals surface area contributed by atoms with Gasteiger partial charge in [0.2, 0.25) is 0 Å². The zero-order chi connectivity index (χ0) is 35.4. The van der Waals surface area contributed by atoms with Gasteiger partial charge in [-0.05, 0) is 72.8 Å². The Kier molecular flexibility index (Phi) is 9.64. The van der Waals surface area contributed by atoms with Crippen LogP contribution in [0, 0.1) is 23.3 Å². The van der Waals surface area contributed by atoms with E-state index in [4.69, 9.17) is 16.1 Å². The number of hydrogen-bond acceptors (Lipinski definition) is 8.